The summed E-state index contributed by atoms with van der Waals surface area (Å²) in [5.74, 6) is 0.712. The van der Waals surface area contributed by atoms with Crippen LogP contribution in [0.4, 0.5) is 0 Å². The highest BCUT2D eigenvalue weighted by atomic mass is 14.9. The van der Waals surface area contributed by atoms with Crippen LogP contribution in [0.25, 0.3) is 0 Å². The Bertz CT molecular complexity index is 370. The molecule has 1 heteroatoms. The average Bonchev–Trinajstić information content (AvgIpc) is 2.77. The molecule has 0 aliphatic heterocycles. The first-order valence-electron chi connectivity index (χ1n) is 7.05. The number of hydrogen-bond acceptors (Lipinski definition) is 1. The first-order chi connectivity index (χ1) is 8.26. The third-order valence-electron chi connectivity index (χ3n) is 4.11. The number of aryl methyl sites for hydroxylation is 2. The van der Waals surface area contributed by atoms with E-state index in [1.165, 1.54) is 37.7 Å². The lowest BCUT2D eigenvalue weighted by molar-refractivity contribution is 0.384. The van der Waals surface area contributed by atoms with Crippen LogP contribution in [0.5, 0.6) is 0 Å². The molecule has 0 saturated carbocycles. The van der Waals surface area contributed by atoms with Crippen molar-refractivity contribution in [1.29, 1.82) is 0 Å². The molecule has 0 heterocycles. The first-order valence-corrected chi connectivity index (χ1v) is 7.05. The fourth-order valence-electron chi connectivity index (χ4n) is 3.19. The van der Waals surface area contributed by atoms with Gasteiger partial charge in [0.1, 0.15) is 0 Å². The Morgan fingerprint density at radius 2 is 2.00 bits per heavy atom. The van der Waals surface area contributed by atoms with Gasteiger partial charge in [-0.1, -0.05) is 38.5 Å². The maximum atomic E-state index is 3.49. The average molecular weight is 231 g/mol. The minimum atomic E-state index is 0.515. The van der Waals surface area contributed by atoms with Gasteiger partial charge in [-0.2, -0.15) is 0 Å². The minimum Gasteiger partial charge on any atom is -0.313 e. The van der Waals surface area contributed by atoms with Crippen molar-refractivity contribution < 1.29 is 0 Å². The van der Waals surface area contributed by atoms with Crippen LogP contribution < -0.4 is 5.32 Å². The Hall–Kier alpha value is -0.820. The van der Waals surface area contributed by atoms with Gasteiger partial charge < -0.3 is 5.32 Å². The molecule has 0 amide bonds. The number of rotatable bonds is 5. The Labute approximate surface area is 106 Å². The molecule has 0 spiro atoms. The predicted octanol–water partition coefficient (Wildman–Crippen LogP) is 3.87. The zero-order valence-electron chi connectivity index (χ0n) is 11.4. The van der Waals surface area contributed by atoms with Gasteiger partial charge in [0, 0.05) is 6.04 Å². The van der Waals surface area contributed by atoms with Crippen LogP contribution in [0.15, 0.2) is 18.2 Å². The molecule has 1 aromatic rings. The van der Waals surface area contributed by atoms with E-state index in [2.05, 4.69) is 44.4 Å². The minimum absolute atomic E-state index is 0.515. The van der Waals surface area contributed by atoms with Crippen molar-refractivity contribution in [3.63, 3.8) is 0 Å². The van der Waals surface area contributed by atoms with E-state index in [0.29, 0.717) is 12.0 Å². The zero-order chi connectivity index (χ0) is 12.3. The van der Waals surface area contributed by atoms with Crippen molar-refractivity contribution in [2.45, 2.75) is 52.0 Å². The molecule has 0 fully saturated rings. The summed E-state index contributed by atoms with van der Waals surface area (Å²) in [5, 5.41) is 3.49. The van der Waals surface area contributed by atoms with E-state index in [0.717, 1.165) is 0 Å². The third-order valence-corrected chi connectivity index (χ3v) is 4.11. The Morgan fingerprint density at radius 3 is 2.71 bits per heavy atom. The van der Waals surface area contributed by atoms with Gasteiger partial charge in [0.15, 0.2) is 0 Å². The molecule has 1 N–H and O–H groups in total. The molecule has 1 nitrogen and oxygen atoms in total. The molecular weight excluding hydrogens is 206 g/mol. The molecule has 2 unspecified atom stereocenters. The monoisotopic (exact) mass is 231 g/mol. The quantitative estimate of drug-likeness (QED) is 0.811. The number of hydrogen-bond donors (Lipinski definition) is 1. The van der Waals surface area contributed by atoms with E-state index in [4.69, 9.17) is 0 Å². The lowest BCUT2D eigenvalue weighted by Crippen LogP contribution is -2.23. The van der Waals surface area contributed by atoms with Crippen LogP contribution in [0.3, 0.4) is 0 Å². The molecular formula is C16H25N. The van der Waals surface area contributed by atoms with Gasteiger partial charge in [0.25, 0.3) is 0 Å². The van der Waals surface area contributed by atoms with E-state index in [1.807, 2.05) is 0 Å². The van der Waals surface area contributed by atoms with Crippen LogP contribution in [0.1, 0.15) is 55.8 Å². The van der Waals surface area contributed by atoms with E-state index < -0.39 is 0 Å². The zero-order valence-corrected chi connectivity index (χ0v) is 11.4. The fourth-order valence-corrected chi connectivity index (χ4v) is 3.19. The second kappa shape index (κ2) is 5.68. The van der Waals surface area contributed by atoms with E-state index in [-0.39, 0.29) is 0 Å². The lowest BCUT2D eigenvalue weighted by Gasteiger charge is -2.24. The van der Waals surface area contributed by atoms with Gasteiger partial charge in [-0.05, 0) is 55.3 Å². The van der Waals surface area contributed by atoms with E-state index >= 15 is 0 Å². The molecule has 1 aliphatic carbocycles. The summed E-state index contributed by atoms with van der Waals surface area (Å²) in [6, 6.07) is 7.63. The third kappa shape index (κ3) is 2.71. The summed E-state index contributed by atoms with van der Waals surface area (Å²) in [7, 11) is 2.09. The summed E-state index contributed by atoms with van der Waals surface area (Å²) in [6.45, 7) is 4.63. The maximum absolute atomic E-state index is 3.49. The van der Waals surface area contributed by atoms with Gasteiger partial charge in [0.05, 0.1) is 0 Å². The molecule has 2 atom stereocenters. The molecule has 1 aromatic carbocycles. The molecule has 0 radical (unpaired) electrons. The topological polar surface area (TPSA) is 12.0 Å². The molecule has 2 rings (SSSR count). The molecule has 1 aliphatic rings. The highest BCUT2D eigenvalue weighted by Crippen LogP contribution is 2.29. The van der Waals surface area contributed by atoms with Crippen molar-refractivity contribution in [3.8, 4) is 0 Å². The first kappa shape index (κ1) is 12.6. The summed E-state index contributed by atoms with van der Waals surface area (Å²) in [6.07, 6.45) is 6.46. The fraction of sp³-hybridized carbons (Fsp3) is 0.625. The van der Waals surface area contributed by atoms with Gasteiger partial charge in [0.2, 0.25) is 0 Å². The lowest BCUT2D eigenvalue weighted by atomic mass is 9.89. The summed E-state index contributed by atoms with van der Waals surface area (Å²) in [5.41, 5.74) is 4.65. The van der Waals surface area contributed by atoms with Gasteiger partial charge in [-0.15, -0.1) is 0 Å². The number of fused-ring (bicyclic) bond motifs is 1. The van der Waals surface area contributed by atoms with Crippen molar-refractivity contribution in [2.75, 3.05) is 7.05 Å². The molecule has 17 heavy (non-hydrogen) atoms. The molecule has 0 aromatic heterocycles. The SMILES string of the molecule is CCCC(C)C(NC)c1ccc2c(c1)CCC2. The normalized spacial score (nSPS) is 17.8. The van der Waals surface area contributed by atoms with E-state index in [1.54, 1.807) is 11.1 Å². The highest BCUT2D eigenvalue weighted by molar-refractivity contribution is 5.36. The highest BCUT2D eigenvalue weighted by Gasteiger charge is 2.19. The Morgan fingerprint density at radius 1 is 1.24 bits per heavy atom. The van der Waals surface area contributed by atoms with Crippen LogP contribution in [0, 0.1) is 5.92 Å². The van der Waals surface area contributed by atoms with Crippen LogP contribution >= 0.6 is 0 Å². The largest absolute Gasteiger partial charge is 0.313 e. The van der Waals surface area contributed by atoms with Crippen molar-refractivity contribution in [3.05, 3.63) is 34.9 Å². The van der Waals surface area contributed by atoms with E-state index in [9.17, 15) is 0 Å². The second-order valence-corrected chi connectivity index (χ2v) is 5.41. The van der Waals surface area contributed by atoms with Gasteiger partial charge >= 0.3 is 0 Å². The van der Waals surface area contributed by atoms with Crippen molar-refractivity contribution in [2.24, 2.45) is 5.92 Å². The molecule has 94 valence electrons. The van der Waals surface area contributed by atoms with Gasteiger partial charge in [-0.3, -0.25) is 0 Å². The van der Waals surface area contributed by atoms with Gasteiger partial charge in [-0.25, -0.2) is 0 Å². The Balaban J connectivity index is 2.19. The smallest absolute Gasteiger partial charge is 0.0343 e. The van der Waals surface area contributed by atoms with Crippen LogP contribution in [-0.4, -0.2) is 7.05 Å². The van der Waals surface area contributed by atoms with Crippen molar-refractivity contribution in [1.82, 2.24) is 5.32 Å². The predicted molar refractivity (Wildman–Crippen MR) is 74.3 cm³/mol. The summed E-state index contributed by atoms with van der Waals surface area (Å²) in [4.78, 5) is 0. The summed E-state index contributed by atoms with van der Waals surface area (Å²) < 4.78 is 0. The van der Waals surface area contributed by atoms with Crippen LogP contribution in [-0.2, 0) is 12.8 Å². The molecule has 0 saturated heterocycles. The van der Waals surface area contributed by atoms with Crippen LogP contribution in [0.2, 0.25) is 0 Å². The molecule has 0 bridgehead atoms. The summed E-state index contributed by atoms with van der Waals surface area (Å²) >= 11 is 0. The standard InChI is InChI=1S/C16H25N/c1-4-6-12(2)16(17-3)15-10-9-13-7-5-8-14(13)11-15/h9-12,16-17H,4-8H2,1-3H3. The van der Waals surface area contributed by atoms with Crippen molar-refractivity contribution >= 4 is 0 Å². The second-order valence-electron chi connectivity index (χ2n) is 5.41. The number of benzene rings is 1. The number of nitrogens with one attached hydrogen (secondary N) is 1. The maximum Gasteiger partial charge on any atom is 0.0343 e. The Kier molecular flexibility index (Phi) is 4.22.